The number of nitrogens with zero attached hydrogens (tertiary/aromatic N) is 2. The van der Waals surface area contributed by atoms with E-state index in [0.29, 0.717) is 6.17 Å². The molecule has 0 aliphatic carbocycles. The first kappa shape index (κ1) is 13.1. The predicted octanol–water partition coefficient (Wildman–Crippen LogP) is 3.36. The second-order valence-electron chi connectivity index (χ2n) is 6.58. The molecule has 2 aliphatic rings. The van der Waals surface area contributed by atoms with Crippen LogP contribution >= 0.6 is 0 Å². The second-order valence-corrected chi connectivity index (χ2v) is 6.58. The van der Waals surface area contributed by atoms with E-state index in [1.54, 1.807) is 0 Å². The van der Waals surface area contributed by atoms with Crippen molar-refractivity contribution >= 4 is 0 Å². The molecule has 0 amide bonds. The van der Waals surface area contributed by atoms with E-state index >= 15 is 0 Å². The lowest BCUT2D eigenvalue weighted by atomic mass is 9.87. The summed E-state index contributed by atoms with van der Waals surface area (Å²) in [5, 5.41) is 0. The van der Waals surface area contributed by atoms with Gasteiger partial charge in [0.1, 0.15) is 0 Å². The second kappa shape index (κ2) is 4.92. The molecule has 2 heteroatoms. The molecule has 0 spiro atoms. The molecule has 0 bridgehead atoms. The summed E-state index contributed by atoms with van der Waals surface area (Å²) < 4.78 is 0. The van der Waals surface area contributed by atoms with E-state index in [1.165, 1.54) is 50.0 Å². The van der Waals surface area contributed by atoms with E-state index in [1.807, 2.05) is 0 Å². The lowest BCUT2D eigenvalue weighted by Gasteiger charge is -2.49. The maximum atomic E-state index is 2.74. The van der Waals surface area contributed by atoms with Gasteiger partial charge in [-0.05, 0) is 57.7 Å². The van der Waals surface area contributed by atoms with Crippen molar-refractivity contribution in [1.82, 2.24) is 9.80 Å². The summed E-state index contributed by atoms with van der Waals surface area (Å²) in [7, 11) is 0. The average molecular weight is 258 g/mol. The maximum absolute atomic E-state index is 2.74. The molecule has 1 atom stereocenters. The molecule has 2 aliphatic heterocycles. The van der Waals surface area contributed by atoms with E-state index in [9.17, 15) is 0 Å². The van der Waals surface area contributed by atoms with Crippen LogP contribution in [-0.2, 0) is 5.54 Å². The van der Waals surface area contributed by atoms with Crippen LogP contribution < -0.4 is 0 Å². The van der Waals surface area contributed by atoms with Gasteiger partial charge in [0, 0.05) is 18.6 Å². The molecular weight excluding hydrogens is 232 g/mol. The summed E-state index contributed by atoms with van der Waals surface area (Å²) in [5.74, 6) is 0. The zero-order valence-corrected chi connectivity index (χ0v) is 12.5. The maximum Gasteiger partial charge on any atom is 0.0630 e. The minimum atomic E-state index is 0.138. The number of hydrogen-bond acceptors (Lipinski definition) is 2. The van der Waals surface area contributed by atoms with Crippen molar-refractivity contribution in [2.45, 2.75) is 51.7 Å². The van der Waals surface area contributed by atoms with Gasteiger partial charge in [-0.3, -0.25) is 9.80 Å². The Morgan fingerprint density at radius 1 is 1.05 bits per heavy atom. The normalized spacial score (nSPS) is 25.5. The summed E-state index contributed by atoms with van der Waals surface area (Å²) in [5.41, 5.74) is 3.05. The Labute approximate surface area is 117 Å². The molecule has 0 saturated carbocycles. The SMILES string of the molecule is Cc1ccccc1C(C)(C)N1CCCN2CCCC21. The van der Waals surface area contributed by atoms with E-state index in [-0.39, 0.29) is 5.54 Å². The van der Waals surface area contributed by atoms with Gasteiger partial charge in [-0.25, -0.2) is 0 Å². The predicted molar refractivity (Wildman–Crippen MR) is 80.1 cm³/mol. The molecule has 2 saturated heterocycles. The van der Waals surface area contributed by atoms with Crippen LogP contribution in [0.25, 0.3) is 0 Å². The van der Waals surface area contributed by atoms with Crippen LogP contribution in [0.15, 0.2) is 24.3 Å². The zero-order valence-electron chi connectivity index (χ0n) is 12.5. The monoisotopic (exact) mass is 258 g/mol. The standard InChI is InChI=1S/C17H26N2/c1-14-8-4-5-9-15(14)17(2,3)19-13-7-12-18-11-6-10-16(18)19/h4-5,8-9,16H,6-7,10-13H2,1-3H3. The van der Waals surface area contributed by atoms with Crippen molar-refractivity contribution in [3.05, 3.63) is 35.4 Å². The van der Waals surface area contributed by atoms with Gasteiger partial charge >= 0.3 is 0 Å². The number of hydrogen-bond donors (Lipinski definition) is 0. The largest absolute Gasteiger partial charge is 0.288 e. The molecule has 1 unspecified atom stereocenters. The van der Waals surface area contributed by atoms with Gasteiger partial charge in [0.05, 0.1) is 6.17 Å². The van der Waals surface area contributed by atoms with Gasteiger partial charge in [-0.15, -0.1) is 0 Å². The summed E-state index contributed by atoms with van der Waals surface area (Å²) in [6, 6.07) is 8.88. The molecule has 2 fully saturated rings. The molecule has 0 radical (unpaired) electrons. The Morgan fingerprint density at radius 3 is 2.58 bits per heavy atom. The Hall–Kier alpha value is -0.860. The van der Waals surface area contributed by atoms with Crippen LogP contribution in [0.1, 0.15) is 44.2 Å². The highest BCUT2D eigenvalue weighted by Gasteiger charge is 2.41. The molecular formula is C17H26N2. The van der Waals surface area contributed by atoms with Gasteiger partial charge in [-0.1, -0.05) is 24.3 Å². The quantitative estimate of drug-likeness (QED) is 0.802. The summed E-state index contributed by atoms with van der Waals surface area (Å²) >= 11 is 0. The Kier molecular flexibility index (Phi) is 3.40. The van der Waals surface area contributed by atoms with Crippen LogP contribution in [0.5, 0.6) is 0 Å². The summed E-state index contributed by atoms with van der Waals surface area (Å²) in [4.78, 5) is 5.43. The highest BCUT2D eigenvalue weighted by atomic mass is 15.4. The van der Waals surface area contributed by atoms with Crippen LogP contribution in [-0.4, -0.2) is 35.6 Å². The van der Waals surface area contributed by atoms with Gasteiger partial charge in [0.2, 0.25) is 0 Å². The minimum absolute atomic E-state index is 0.138. The van der Waals surface area contributed by atoms with Gasteiger partial charge in [0.15, 0.2) is 0 Å². The van der Waals surface area contributed by atoms with E-state index in [2.05, 4.69) is 54.8 Å². The van der Waals surface area contributed by atoms with Gasteiger partial charge in [-0.2, -0.15) is 0 Å². The average Bonchev–Trinajstić information content (AvgIpc) is 2.86. The number of benzene rings is 1. The lowest BCUT2D eigenvalue weighted by Crippen LogP contribution is -2.57. The molecule has 19 heavy (non-hydrogen) atoms. The Morgan fingerprint density at radius 2 is 1.79 bits per heavy atom. The molecule has 1 aromatic rings. The van der Waals surface area contributed by atoms with Crippen molar-refractivity contribution in [3.63, 3.8) is 0 Å². The van der Waals surface area contributed by atoms with Crippen molar-refractivity contribution < 1.29 is 0 Å². The lowest BCUT2D eigenvalue weighted by molar-refractivity contribution is -0.0360. The molecule has 3 rings (SSSR count). The third kappa shape index (κ3) is 2.21. The number of aryl methyl sites for hydroxylation is 1. The van der Waals surface area contributed by atoms with Gasteiger partial charge in [0.25, 0.3) is 0 Å². The first-order valence-corrected chi connectivity index (χ1v) is 7.67. The van der Waals surface area contributed by atoms with Crippen molar-refractivity contribution in [3.8, 4) is 0 Å². The molecule has 0 N–H and O–H groups in total. The fraction of sp³-hybridized carbons (Fsp3) is 0.647. The molecule has 1 aromatic carbocycles. The van der Waals surface area contributed by atoms with Crippen molar-refractivity contribution in [2.75, 3.05) is 19.6 Å². The Bertz CT molecular complexity index is 452. The molecule has 2 heterocycles. The van der Waals surface area contributed by atoms with E-state index in [0.717, 1.165) is 0 Å². The summed E-state index contributed by atoms with van der Waals surface area (Å²) in [6.45, 7) is 10.9. The molecule has 0 aromatic heterocycles. The highest BCUT2D eigenvalue weighted by Crippen LogP contribution is 2.37. The highest BCUT2D eigenvalue weighted by molar-refractivity contribution is 5.32. The van der Waals surface area contributed by atoms with Crippen LogP contribution in [0.2, 0.25) is 0 Å². The fourth-order valence-electron chi connectivity index (χ4n) is 4.08. The van der Waals surface area contributed by atoms with Crippen LogP contribution in [0.4, 0.5) is 0 Å². The van der Waals surface area contributed by atoms with E-state index in [4.69, 9.17) is 0 Å². The zero-order chi connectivity index (χ0) is 13.5. The van der Waals surface area contributed by atoms with Crippen molar-refractivity contribution in [1.29, 1.82) is 0 Å². The third-order valence-corrected chi connectivity index (χ3v) is 5.06. The smallest absolute Gasteiger partial charge is 0.0630 e. The first-order valence-electron chi connectivity index (χ1n) is 7.67. The number of fused-ring (bicyclic) bond motifs is 1. The number of rotatable bonds is 2. The molecule has 2 nitrogen and oxygen atoms in total. The third-order valence-electron chi connectivity index (χ3n) is 5.06. The Balaban J connectivity index is 1.93. The van der Waals surface area contributed by atoms with Crippen molar-refractivity contribution in [2.24, 2.45) is 0 Å². The van der Waals surface area contributed by atoms with E-state index < -0.39 is 0 Å². The fourth-order valence-corrected chi connectivity index (χ4v) is 4.08. The first-order chi connectivity index (χ1) is 9.10. The van der Waals surface area contributed by atoms with Crippen LogP contribution in [0, 0.1) is 6.92 Å². The molecule has 104 valence electrons. The summed E-state index contributed by atoms with van der Waals surface area (Å²) in [6.07, 6.45) is 4.69. The van der Waals surface area contributed by atoms with Gasteiger partial charge < -0.3 is 0 Å². The minimum Gasteiger partial charge on any atom is -0.288 e. The topological polar surface area (TPSA) is 6.48 Å². The van der Waals surface area contributed by atoms with Crippen LogP contribution in [0.3, 0.4) is 0 Å².